The van der Waals surface area contributed by atoms with Crippen molar-refractivity contribution >= 4 is 22.7 Å². The van der Waals surface area contributed by atoms with Crippen molar-refractivity contribution in [2.75, 3.05) is 7.11 Å². The lowest BCUT2D eigenvalue weighted by Crippen LogP contribution is -2.03. The van der Waals surface area contributed by atoms with Gasteiger partial charge in [0.05, 0.1) is 7.11 Å². The lowest BCUT2D eigenvalue weighted by atomic mass is 9.86. The molecule has 0 fully saturated rings. The Morgan fingerprint density at radius 1 is 0.909 bits per heavy atom. The second-order valence-corrected chi connectivity index (χ2v) is 5.81. The number of aryl methyl sites for hydroxylation is 1. The summed E-state index contributed by atoms with van der Waals surface area (Å²) in [7, 11) is 1.73. The van der Waals surface area contributed by atoms with Crippen LogP contribution < -0.4 is 0 Å². The van der Waals surface area contributed by atoms with Crippen LogP contribution in [0.15, 0.2) is 60.4 Å². The molecule has 0 saturated carbocycles. The third-order valence-electron chi connectivity index (χ3n) is 3.86. The summed E-state index contributed by atoms with van der Waals surface area (Å²) in [6, 6.07) is 16.5. The van der Waals surface area contributed by atoms with Gasteiger partial charge in [-0.2, -0.15) is 0 Å². The van der Waals surface area contributed by atoms with Crippen LogP contribution in [0.25, 0.3) is 11.1 Å². The van der Waals surface area contributed by atoms with Gasteiger partial charge in [-0.1, -0.05) is 53.6 Å². The van der Waals surface area contributed by atoms with Crippen molar-refractivity contribution in [3.05, 3.63) is 88.5 Å². The number of benzene rings is 2. The topological polar surface area (TPSA) is 9.23 Å². The van der Waals surface area contributed by atoms with Gasteiger partial charge in [0, 0.05) is 10.6 Å². The summed E-state index contributed by atoms with van der Waals surface area (Å²) in [6.45, 7) is 2.10. The first kappa shape index (κ1) is 14.9. The minimum absolute atomic E-state index is 0.750. The maximum atomic E-state index is 6.02. The lowest BCUT2D eigenvalue weighted by molar-refractivity contribution is 0.309. The number of allylic oxidation sites excluding steroid dienone is 3. The fourth-order valence-electron chi connectivity index (χ4n) is 2.72. The fraction of sp³-hybridized carbons (Fsp3) is 0.150. The van der Waals surface area contributed by atoms with Crippen LogP contribution in [-0.2, 0) is 4.74 Å². The van der Waals surface area contributed by atoms with Crippen LogP contribution >= 0.6 is 11.6 Å². The molecule has 3 rings (SSSR count). The van der Waals surface area contributed by atoms with E-state index in [1.54, 1.807) is 7.11 Å². The van der Waals surface area contributed by atoms with Crippen molar-refractivity contribution in [3.8, 4) is 0 Å². The molecular weight excluding hydrogens is 292 g/mol. The van der Waals surface area contributed by atoms with Gasteiger partial charge in [-0.25, -0.2) is 0 Å². The monoisotopic (exact) mass is 309 g/mol. The molecule has 0 aliphatic heterocycles. The zero-order valence-corrected chi connectivity index (χ0v) is 13.5. The molecule has 2 aromatic rings. The van der Waals surface area contributed by atoms with E-state index in [9.17, 15) is 0 Å². The van der Waals surface area contributed by atoms with Crippen molar-refractivity contribution in [2.45, 2.75) is 13.3 Å². The Kier molecular flexibility index (Phi) is 4.35. The Labute approximate surface area is 136 Å². The predicted octanol–water partition coefficient (Wildman–Crippen LogP) is 5.70. The van der Waals surface area contributed by atoms with Gasteiger partial charge in [0.15, 0.2) is 0 Å². The van der Waals surface area contributed by atoms with Crippen LogP contribution in [0.2, 0.25) is 5.02 Å². The second-order valence-electron chi connectivity index (χ2n) is 5.37. The van der Waals surface area contributed by atoms with E-state index >= 15 is 0 Å². The Bertz CT molecular complexity index is 721. The highest BCUT2D eigenvalue weighted by Crippen LogP contribution is 2.38. The molecule has 0 N–H and O–H groups in total. The number of rotatable bonds is 3. The quantitative estimate of drug-likeness (QED) is 0.707. The van der Waals surface area contributed by atoms with Crippen molar-refractivity contribution < 1.29 is 4.74 Å². The molecule has 0 spiro atoms. The molecule has 0 unspecified atom stereocenters. The molecule has 1 aliphatic rings. The molecule has 1 aliphatic carbocycles. The molecule has 111 valence electrons. The summed E-state index contributed by atoms with van der Waals surface area (Å²) in [4.78, 5) is 0. The molecule has 22 heavy (non-hydrogen) atoms. The van der Waals surface area contributed by atoms with Gasteiger partial charge >= 0.3 is 0 Å². The number of hydrogen-bond acceptors (Lipinski definition) is 1. The van der Waals surface area contributed by atoms with Crippen LogP contribution in [0, 0.1) is 13.3 Å². The Morgan fingerprint density at radius 3 is 2.18 bits per heavy atom. The molecule has 0 bridgehead atoms. The van der Waals surface area contributed by atoms with Crippen LogP contribution in [0.5, 0.6) is 0 Å². The summed E-state index contributed by atoms with van der Waals surface area (Å²) in [5.74, 6) is 0.927. The average Bonchev–Trinajstić information content (AvgIpc) is 2.56. The van der Waals surface area contributed by atoms with Crippen LogP contribution in [0.1, 0.15) is 23.1 Å². The first-order valence-electron chi connectivity index (χ1n) is 7.34. The van der Waals surface area contributed by atoms with E-state index in [0.717, 1.165) is 28.3 Å². The summed E-state index contributed by atoms with van der Waals surface area (Å²) in [5, 5.41) is 0.750. The van der Waals surface area contributed by atoms with E-state index < -0.39 is 0 Å². The highest BCUT2D eigenvalue weighted by Gasteiger charge is 2.20. The Hall–Kier alpha value is -1.99. The first-order chi connectivity index (χ1) is 10.7. The van der Waals surface area contributed by atoms with Gasteiger partial charge < -0.3 is 4.74 Å². The second kappa shape index (κ2) is 6.41. The van der Waals surface area contributed by atoms with E-state index in [1.807, 2.05) is 12.1 Å². The molecule has 0 aromatic heterocycles. The molecule has 2 heteroatoms. The number of methoxy groups -OCH3 is 1. The summed E-state index contributed by atoms with van der Waals surface area (Å²) in [6.07, 6.45) is 5.23. The summed E-state index contributed by atoms with van der Waals surface area (Å²) in [5.41, 5.74) is 5.90. The van der Waals surface area contributed by atoms with E-state index in [0.29, 0.717) is 0 Å². The van der Waals surface area contributed by atoms with Gasteiger partial charge in [-0.05, 0) is 54.7 Å². The highest BCUT2D eigenvalue weighted by atomic mass is 35.5. The van der Waals surface area contributed by atoms with Crippen LogP contribution in [0.3, 0.4) is 0 Å². The van der Waals surface area contributed by atoms with Crippen LogP contribution in [-0.4, -0.2) is 7.11 Å². The first-order valence-corrected chi connectivity index (χ1v) is 7.72. The van der Waals surface area contributed by atoms with Gasteiger partial charge in [0.1, 0.15) is 5.76 Å². The van der Waals surface area contributed by atoms with Crippen LogP contribution in [0.4, 0.5) is 0 Å². The Morgan fingerprint density at radius 2 is 1.55 bits per heavy atom. The highest BCUT2D eigenvalue weighted by molar-refractivity contribution is 6.30. The largest absolute Gasteiger partial charge is 0.496 e. The molecule has 2 aromatic carbocycles. The van der Waals surface area contributed by atoms with Crippen molar-refractivity contribution in [1.82, 2.24) is 0 Å². The van der Waals surface area contributed by atoms with Gasteiger partial charge in [0.25, 0.3) is 0 Å². The average molecular weight is 310 g/mol. The SMILES string of the molecule is COC1=CC[CH]C(c2ccc(Cl)cc2)=C1c1ccc(C)cc1. The number of hydrogen-bond donors (Lipinski definition) is 0. The van der Waals surface area contributed by atoms with E-state index in [4.69, 9.17) is 16.3 Å². The zero-order valence-electron chi connectivity index (χ0n) is 12.8. The normalized spacial score (nSPS) is 14.8. The molecule has 1 nitrogen and oxygen atoms in total. The van der Waals surface area contributed by atoms with E-state index in [2.05, 4.69) is 55.8 Å². The third kappa shape index (κ3) is 2.95. The number of ether oxygens (including phenoxy) is 1. The molecular formula is C20H18ClO. The summed E-state index contributed by atoms with van der Waals surface area (Å²) < 4.78 is 5.62. The van der Waals surface area contributed by atoms with E-state index in [-0.39, 0.29) is 0 Å². The summed E-state index contributed by atoms with van der Waals surface area (Å²) >= 11 is 6.02. The van der Waals surface area contributed by atoms with Crippen molar-refractivity contribution in [2.24, 2.45) is 0 Å². The molecule has 0 heterocycles. The third-order valence-corrected chi connectivity index (χ3v) is 4.11. The van der Waals surface area contributed by atoms with Gasteiger partial charge in [-0.3, -0.25) is 0 Å². The van der Waals surface area contributed by atoms with Gasteiger partial charge in [0.2, 0.25) is 0 Å². The molecule has 1 radical (unpaired) electrons. The van der Waals surface area contributed by atoms with E-state index in [1.165, 1.54) is 16.7 Å². The van der Waals surface area contributed by atoms with Gasteiger partial charge in [-0.15, -0.1) is 0 Å². The Balaban J connectivity index is 2.17. The standard InChI is InChI=1S/C20H18ClO/c1-14-6-8-16(9-7-14)20-18(4-3-5-19(20)22-2)15-10-12-17(21)13-11-15/h4-13H,3H2,1-2H3. The van der Waals surface area contributed by atoms with Crippen molar-refractivity contribution in [3.63, 3.8) is 0 Å². The smallest absolute Gasteiger partial charge is 0.123 e. The minimum Gasteiger partial charge on any atom is -0.496 e. The van der Waals surface area contributed by atoms with Crippen molar-refractivity contribution in [1.29, 1.82) is 0 Å². The fourth-order valence-corrected chi connectivity index (χ4v) is 2.84. The molecule has 0 amide bonds. The minimum atomic E-state index is 0.750. The maximum absolute atomic E-state index is 6.02. The zero-order chi connectivity index (χ0) is 15.5. The molecule has 0 saturated heterocycles. The predicted molar refractivity (Wildman–Crippen MR) is 93.5 cm³/mol. The maximum Gasteiger partial charge on any atom is 0.123 e. The molecule has 0 atom stereocenters. The lowest BCUT2D eigenvalue weighted by Gasteiger charge is -2.22. The number of halogens is 1.